The van der Waals surface area contributed by atoms with Gasteiger partial charge in [0.05, 0.1) is 0 Å². The Hall–Kier alpha value is -2.10. The van der Waals surface area contributed by atoms with Gasteiger partial charge in [-0.05, 0) is 6.92 Å². The fourth-order valence-corrected chi connectivity index (χ4v) is 1.33. The number of hydrogen-bond donors (Lipinski definition) is 1. The molecule has 0 fully saturated rings. The Labute approximate surface area is 86.7 Å². The largest absolute Gasteiger partial charge is 0.365 e. The first-order valence-electron chi connectivity index (χ1n) is 4.49. The number of carbonyl (C=O) groups is 1. The van der Waals surface area contributed by atoms with Crippen LogP contribution in [-0.2, 0) is 0 Å². The molecule has 0 spiro atoms. The maximum atomic E-state index is 11.0. The van der Waals surface area contributed by atoms with E-state index in [2.05, 4.69) is 5.16 Å². The number of amides is 1. The molecule has 2 N–H and O–H groups in total. The van der Waals surface area contributed by atoms with Gasteiger partial charge in [-0.3, -0.25) is 4.79 Å². The lowest BCUT2D eigenvalue weighted by molar-refractivity contribution is 0.1000. The van der Waals surface area contributed by atoms with E-state index in [1.54, 1.807) is 0 Å². The van der Waals surface area contributed by atoms with Gasteiger partial charge in [-0.1, -0.05) is 35.0 Å². The molecule has 0 aliphatic heterocycles. The molecule has 76 valence electrons. The predicted molar refractivity (Wildman–Crippen MR) is 55.2 cm³/mol. The number of aromatic nitrogens is 1. The number of primary amides is 1. The van der Waals surface area contributed by atoms with E-state index in [0.29, 0.717) is 11.3 Å². The molecule has 4 heteroatoms. The van der Waals surface area contributed by atoms with Crippen molar-refractivity contribution in [3.63, 3.8) is 0 Å². The molecule has 0 aliphatic carbocycles. The summed E-state index contributed by atoms with van der Waals surface area (Å²) < 4.78 is 4.74. The second-order valence-electron chi connectivity index (χ2n) is 3.31. The van der Waals surface area contributed by atoms with Gasteiger partial charge in [0.15, 0.2) is 0 Å². The minimum absolute atomic E-state index is 0.304. The number of rotatable bonds is 2. The smallest absolute Gasteiger partial charge is 0.254 e. The average Bonchev–Trinajstić information content (AvgIpc) is 2.67. The minimum atomic E-state index is -0.535. The van der Waals surface area contributed by atoms with E-state index in [4.69, 9.17) is 10.3 Å². The van der Waals surface area contributed by atoms with E-state index in [-0.39, 0.29) is 0 Å². The van der Waals surface area contributed by atoms with Crippen LogP contribution in [0.3, 0.4) is 0 Å². The molecule has 1 aromatic carbocycles. The topological polar surface area (TPSA) is 69.1 Å². The van der Waals surface area contributed by atoms with Crippen molar-refractivity contribution in [3.8, 4) is 11.3 Å². The molecular weight excluding hydrogens is 192 g/mol. The van der Waals surface area contributed by atoms with Crippen LogP contribution < -0.4 is 5.73 Å². The van der Waals surface area contributed by atoms with Gasteiger partial charge in [0.25, 0.3) is 5.91 Å². The third-order valence-corrected chi connectivity index (χ3v) is 2.16. The molecule has 1 amide bonds. The lowest BCUT2D eigenvalue weighted by atomic mass is 10.1. The summed E-state index contributed by atoms with van der Waals surface area (Å²) in [6, 6.07) is 7.63. The highest BCUT2D eigenvalue weighted by Crippen LogP contribution is 2.21. The third kappa shape index (κ3) is 1.74. The van der Waals surface area contributed by atoms with Gasteiger partial charge in [-0.2, -0.15) is 0 Å². The van der Waals surface area contributed by atoms with Gasteiger partial charge >= 0.3 is 0 Å². The zero-order valence-corrected chi connectivity index (χ0v) is 8.23. The van der Waals surface area contributed by atoms with Crippen molar-refractivity contribution >= 4 is 5.91 Å². The Balaban J connectivity index is 2.49. The summed E-state index contributed by atoms with van der Waals surface area (Å²) in [7, 11) is 0. The molecule has 15 heavy (non-hydrogen) atoms. The fourth-order valence-electron chi connectivity index (χ4n) is 1.33. The zero-order chi connectivity index (χ0) is 10.8. The first-order valence-corrected chi connectivity index (χ1v) is 4.49. The van der Waals surface area contributed by atoms with Crippen molar-refractivity contribution in [1.82, 2.24) is 5.16 Å². The number of aryl methyl sites for hydroxylation is 1. The summed E-state index contributed by atoms with van der Waals surface area (Å²) in [4.78, 5) is 11.0. The molecular formula is C11H10N2O2. The minimum Gasteiger partial charge on any atom is -0.365 e. The SMILES string of the molecule is Cc1ccc(-c2nocc2C(N)=O)cc1. The second kappa shape index (κ2) is 3.57. The highest BCUT2D eigenvalue weighted by molar-refractivity contribution is 5.98. The van der Waals surface area contributed by atoms with Crippen LogP contribution in [-0.4, -0.2) is 11.1 Å². The van der Waals surface area contributed by atoms with Crippen LogP contribution in [0, 0.1) is 6.92 Å². The van der Waals surface area contributed by atoms with E-state index in [1.807, 2.05) is 31.2 Å². The van der Waals surface area contributed by atoms with Gasteiger partial charge in [0, 0.05) is 5.56 Å². The molecule has 4 nitrogen and oxygen atoms in total. The van der Waals surface area contributed by atoms with E-state index in [0.717, 1.165) is 11.1 Å². The van der Waals surface area contributed by atoms with Gasteiger partial charge in [0.1, 0.15) is 17.5 Å². The van der Waals surface area contributed by atoms with E-state index in [1.165, 1.54) is 6.26 Å². The molecule has 0 radical (unpaired) electrons. The Morgan fingerprint density at radius 1 is 1.33 bits per heavy atom. The van der Waals surface area contributed by atoms with Crippen LogP contribution >= 0.6 is 0 Å². The van der Waals surface area contributed by atoms with Crippen molar-refractivity contribution in [2.75, 3.05) is 0 Å². The van der Waals surface area contributed by atoms with Crippen LogP contribution in [0.25, 0.3) is 11.3 Å². The summed E-state index contributed by atoms with van der Waals surface area (Å²) in [5.41, 5.74) is 7.94. The van der Waals surface area contributed by atoms with Gasteiger partial charge < -0.3 is 10.3 Å². The number of carbonyl (C=O) groups excluding carboxylic acids is 1. The molecule has 1 aromatic heterocycles. The molecule has 0 saturated heterocycles. The van der Waals surface area contributed by atoms with E-state index >= 15 is 0 Å². The summed E-state index contributed by atoms with van der Waals surface area (Å²) in [5.74, 6) is -0.535. The fraction of sp³-hybridized carbons (Fsp3) is 0.0909. The maximum absolute atomic E-state index is 11.0. The molecule has 0 unspecified atom stereocenters. The summed E-state index contributed by atoms with van der Waals surface area (Å²) in [5, 5.41) is 3.76. The molecule has 0 saturated carbocycles. The summed E-state index contributed by atoms with van der Waals surface area (Å²) in [6.07, 6.45) is 1.26. The third-order valence-electron chi connectivity index (χ3n) is 2.16. The quantitative estimate of drug-likeness (QED) is 0.806. The summed E-state index contributed by atoms with van der Waals surface area (Å²) in [6.45, 7) is 1.99. The highest BCUT2D eigenvalue weighted by atomic mass is 16.5. The molecule has 2 rings (SSSR count). The molecule has 0 atom stereocenters. The van der Waals surface area contributed by atoms with Crippen LogP contribution in [0.4, 0.5) is 0 Å². The number of hydrogen-bond acceptors (Lipinski definition) is 3. The van der Waals surface area contributed by atoms with Crippen molar-refractivity contribution in [1.29, 1.82) is 0 Å². The monoisotopic (exact) mass is 202 g/mol. The number of nitrogens with zero attached hydrogens (tertiary/aromatic N) is 1. The summed E-state index contributed by atoms with van der Waals surface area (Å²) >= 11 is 0. The molecule has 0 bridgehead atoms. The zero-order valence-electron chi connectivity index (χ0n) is 8.23. The second-order valence-corrected chi connectivity index (χ2v) is 3.31. The molecule has 0 aliphatic rings. The number of benzene rings is 1. The van der Waals surface area contributed by atoms with Crippen LogP contribution in [0.1, 0.15) is 15.9 Å². The van der Waals surface area contributed by atoms with E-state index in [9.17, 15) is 4.79 Å². The van der Waals surface area contributed by atoms with E-state index < -0.39 is 5.91 Å². The van der Waals surface area contributed by atoms with Crippen LogP contribution in [0.15, 0.2) is 35.1 Å². The molecule has 1 heterocycles. The van der Waals surface area contributed by atoms with Crippen molar-refractivity contribution in [3.05, 3.63) is 41.7 Å². The van der Waals surface area contributed by atoms with Crippen molar-refractivity contribution in [2.24, 2.45) is 5.73 Å². The van der Waals surface area contributed by atoms with Crippen LogP contribution in [0.5, 0.6) is 0 Å². The number of nitrogens with two attached hydrogens (primary N) is 1. The first-order chi connectivity index (χ1) is 7.18. The normalized spacial score (nSPS) is 10.2. The van der Waals surface area contributed by atoms with Gasteiger partial charge in [-0.25, -0.2) is 0 Å². The lowest BCUT2D eigenvalue weighted by Gasteiger charge is -1.98. The standard InChI is InChI=1S/C11H10N2O2/c1-7-2-4-8(5-3-7)10-9(11(12)14)6-15-13-10/h2-6H,1H3,(H2,12,14). The Kier molecular flexibility index (Phi) is 2.25. The van der Waals surface area contributed by atoms with Crippen molar-refractivity contribution in [2.45, 2.75) is 6.92 Å². The van der Waals surface area contributed by atoms with Gasteiger partial charge in [-0.15, -0.1) is 0 Å². The van der Waals surface area contributed by atoms with Crippen LogP contribution in [0.2, 0.25) is 0 Å². The predicted octanol–water partition coefficient (Wildman–Crippen LogP) is 1.75. The molecule has 2 aromatic rings. The Morgan fingerprint density at radius 2 is 2.00 bits per heavy atom. The Morgan fingerprint density at radius 3 is 2.60 bits per heavy atom. The Bertz CT molecular complexity index is 486. The highest BCUT2D eigenvalue weighted by Gasteiger charge is 2.14. The maximum Gasteiger partial charge on any atom is 0.254 e. The first kappa shape index (κ1) is 9.45. The van der Waals surface area contributed by atoms with Crippen molar-refractivity contribution < 1.29 is 9.32 Å². The average molecular weight is 202 g/mol. The van der Waals surface area contributed by atoms with Gasteiger partial charge in [0.2, 0.25) is 0 Å². The lowest BCUT2D eigenvalue weighted by Crippen LogP contribution is -2.10.